The van der Waals surface area contributed by atoms with Gasteiger partial charge in [-0.15, -0.1) is 11.3 Å². The van der Waals surface area contributed by atoms with Crippen LogP contribution in [0.2, 0.25) is 0 Å². The second-order valence-corrected chi connectivity index (χ2v) is 14.5. The lowest BCUT2D eigenvalue weighted by Crippen LogP contribution is -2.58. The van der Waals surface area contributed by atoms with Gasteiger partial charge in [0.25, 0.3) is 0 Å². The first kappa shape index (κ1) is 37.7. The number of aliphatic hydroxyl groups excluding tert-OH is 1. The van der Waals surface area contributed by atoms with Gasteiger partial charge >= 0.3 is 5.97 Å². The molecule has 0 spiro atoms. The minimum Gasteiger partial charge on any atom is -0.478 e. The van der Waals surface area contributed by atoms with E-state index in [2.05, 4.69) is 15.6 Å². The first-order chi connectivity index (χ1) is 23.3. The van der Waals surface area contributed by atoms with Crippen molar-refractivity contribution < 1.29 is 34.1 Å². The van der Waals surface area contributed by atoms with Crippen molar-refractivity contribution in [2.24, 2.45) is 5.41 Å². The van der Waals surface area contributed by atoms with Crippen LogP contribution in [0.1, 0.15) is 80.1 Å². The van der Waals surface area contributed by atoms with Crippen molar-refractivity contribution in [3.05, 3.63) is 76.4 Å². The highest BCUT2D eigenvalue weighted by molar-refractivity contribution is 7.13. The van der Waals surface area contributed by atoms with Gasteiger partial charge in [-0.2, -0.15) is 0 Å². The molecule has 3 amide bonds. The lowest BCUT2D eigenvalue weighted by molar-refractivity contribution is -0.144. The number of ether oxygens (including phenoxy) is 1. The van der Waals surface area contributed by atoms with E-state index in [9.17, 15) is 24.3 Å². The number of aromatic carboxylic acids is 1. The highest BCUT2D eigenvalue weighted by Crippen LogP contribution is 2.28. The van der Waals surface area contributed by atoms with E-state index >= 15 is 0 Å². The van der Waals surface area contributed by atoms with Gasteiger partial charge in [-0.05, 0) is 60.4 Å². The van der Waals surface area contributed by atoms with E-state index in [0.717, 1.165) is 59.4 Å². The Morgan fingerprint density at radius 2 is 1.67 bits per heavy atom. The molecule has 2 heterocycles. The third-order valence-corrected chi connectivity index (χ3v) is 9.63. The summed E-state index contributed by atoms with van der Waals surface area (Å²) in [7, 11) is 0. The van der Waals surface area contributed by atoms with Gasteiger partial charge in [0.05, 0.1) is 27.7 Å². The van der Waals surface area contributed by atoms with E-state index in [-0.39, 0.29) is 37.6 Å². The van der Waals surface area contributed by atoms with Gasteiger partial charge in [-0.3, -0.25) is 14.4 Å². The van der Waals surface area contributed by atoms with Crippen LogP contribution < -0.4 is 10.6 Å². The summed E-state index contributed by atoms with van der Waals surface area (Å²) in [5.74, 6) is -2.13. The van der Waals surface area contributed by atoms with Gasteiger partial charge in [0.1, 0.15) is 18.7 Å². The maximum Gasteiger partial charge on any atom is 0.335 e. The van der Waals surface area contributed by atoms with Crippen LogP contribution in [0.5, 0.6) is 0 Å². The summed E-state index contributed by atoms with van der Waals surface area (Å²) in [4.78, 5) is 57.7. The van der Waals surface area contributed by atoms with E-state index in [1.807, 2.05) is 69.6 Å². The summed E-state index contributed by atoms with van der Waals surface area (Å²) in [6.07, 6.45) is 3.79. The highest BCUT2D eigenvalue weighted by Gasteiger charge is 2.44. The summed E-state index contributed by atoms with van der Waals surface area (Å²) in [6, 6.07) is 13.0. The number of aliphatic hydroxyl groups is 1. The number of hydrogen-bond donors (Lipinski definition) is 4. The molecule has 2 aromatic carbocycles. The number of carboxylic acid groups (broad SMARTS) is 1. The van der Waals surface area contributed by atoms with Gasteiger partial charge in [0.15, 0.2) is 0 Å². The van der Waals surface area contributed by atoms with Crippen LogP contribution in [0.25, 0.3) is 10.4 Å². The van der Waals surface area contributed by atoms with Gasteiger partial charge in [0, 0.05) is 26.1 Å². The zero-order chi connectivity index (χ0) is 35.6. The van der Waals surface area contributed by atoms with Crippen LogP contribution in [0.15, 0.2) is 54.0 Å². The molecule has 0 aliphatic carbocycles. The SMILES string of the molecule is Cc1ncsc1-c1ccc(CNC(=O)[C@@H]2C[C@@H](O)CN2C(=O)[C@@H](NC(=O)COCCCCCCc2ccc(C(=O)O)cc2)C(C)(C)C)cc1. The number of aromatic nitrogens is 1. The smallest absolute Gasteiger partial charge is 0.335 e. The van der Waals surface area contributed by atoms with Crippen molar-refractivity contribution in [1.29, 1.82) is 0 Å². The molecule has 0 saturated carbocycles. The Kier molecular flexibility index (Phi) is 13.5. The Bertz CT molecular complexity index is 1570. The Morgan fingerprint density at radius 1 is 1.00 bits per heavy atom. The molecule has 11 nitrogen and oxygen atoms in total. The number of β-amino-alcohol motifs (C(OH)–C–C–N with tert-alkyl or cyclic N) is 1. The number of likely N-dealkylation sites (tertiary alicyclic amines) is 1. The van der Waals surface area contributed by atoms with Crippen molar-refractivity contribution in [2.45, 2.75) is 91.0 Å². The Balaban J connectivity index is 1.21. The molecule has 264 valence electrons. The number of carbonyl (C=O) groups excluding carboxylic acids is 3. The number of nitrogens with one attached hydrogen (secondary N) is 2. The van der Waals surface area contributed by atoms with Crippen molar-refractivity contribution in [1.82, 2.24) is 20.5 Å². The minimum atomic E-state index is -0.933. The Morgan fingerprint density at radius 3 is 2.31 bits per heavy atom. The Labute approximate surface area is 292 Å². The molecule has 12 heteroatoms. The second-order valence-electron chi connectivity index (χ2n) is 13.7. The van der Waals surface area contributed by atoms with Gasteiger partial charge in [-0.25, -0.2) is 9.78 Å². The maximum atomic E-state index is 13.8. The number of carboxylic acids is 1. The average Bonchev–Trinajstić information content (AvgIpc) is 3.68. The number of unbranched alkanes of at least 4 members (excludes halogenated alkanes) is 3. The number of carbonyl (C=O) groups is 4. The molecule has 0 radical (unpaired) electrons. The first-order valence-electron chi connectivity index (χ1n) is 16.8. The fraction of sp³-hybridized carbons (Fsp3) is 0.486. The molecule has 0 unspecified atom stereocenters. The van der Waals surface area contributed by atoms with Crippen LogP contribution in [-0.4, -0.2) is 81.7 Å². The van der Waals surface area contributed by atoms with Gasteiger partial charge < -0.3 is 30.5 Å². The zero-order valence-electron chi connectivity index (χ0n) is 28.7. The van der Waals surface area contributed by atoms with Crippen LogP contribution >= 0.6 is 11.3 Å². The van der Waals surface area contributed by atoms with Crippen LogP contribution in [0.4, 0.5) is 0 Å². The Hall–Kier alpha value is -4.13. The molecule has 3 aromatic rings. The van der Waals surface area contributed by atoms with Gasteiger partial charge in [-0.1, -0.05) is 70.0 Å². The lowest BCUT2D eigenvalue weighted by Gasteiger charge is -2.35. The molecule has 4 N–H and O–H groups in total. The average molecular weight is 693 g/mol. The lowest BCUT2D eigenvalue weighted by atomic mass is 9.85. The second kappa shape index (κ2) is 17.5. The number of benzene rings is 2. The van der Waals surface area contributed by atoms with E-state index in [0.29, 0.717) is 6.61 Å². The maximum absolute atomic E-state index is 13.8. The molecule has 1 saturated heterocycles. The van der Waals surface area contributed by atoms with Crippen LogP contribution in [-0.2, 0) is 32.1 Å². The third kappa shape index (κ3) is 10.9. The number of thiazole rings is 1. The predicted octanol–water partition coefficient (Wildman–Crippen LogP) is 4.75. The summed E-state index contributed by atoms with van der Waals surface area (Å²) < 4.78 is 5.60. The van der Waals surface area contributed by atoms with E-state index in [4.69, 9.17) is 9.84 Å². The largest absolute Gasteiger partial charge is 0.478 e. The fourth-order valence-corrected chi connectivity index (χ4v) is 6.66. The standard InChI is InChI=1S/C37H48N4O7S/c1-24-32(49-23-39-24)27-14-12-26(13-15-27)20-38-34(44)30-19-29(42)21-41(30)35(45)33(37(2,3)4)40-31(43)22-48-18-8-6-5-7-9-25-10-16-28(17-11-25)36(46)47/h10-17,23,29-30,33,42H,5-9,18-22H2,1-4H3,(H,38,44)(H,40,43)(H,46,47)/t29-,30+,33-/m1/s1. The van der Waals surface area contributed by atoms with E-state index in [1.54, 1.807) is 23.5 Å². The topological polar surface area (TPSA) is 158 Å². The van der Waals surface area contributed by atoms with Crippen molar-refractivity contribution in [2.75, 3.05) is 19.8 Å². The first-order valence-corrected chi connectivity index (χ1v) is 17.7. The monoisotopic (exact) mass is 692 g/mol. The predicted molar refractivity (Wildman–Crippen MR) is 188 cm³/mol. The number of aryl methyl sites for hydroxylation is 2. The number of amides is 3. The third-order valence-electron chi connectivity index (χ3n) is 8.65. The van der Waals surface area contributed by atoms with Crippen molar-refractivity contribution in [3.63, 3.8) is 0 Å². The number of hydrogen-bond acceptors (Lipinski definition) is 8. The molecule has 4 rings (SSSR count). The molecule has 1 aliphatic heterocycles. The summed E-state index contributed by atoms with van der Waals surface area (Å²) in [5, 5.41) is 25.2. The number of rotatable bonds is 16. The van der Waals surface area contributed by atoms with Gasteiger partial charge in [0.2, 0.25) is 17.7 Å². The minimum absolute atomic E-state index is 0.00636. The molecule has 1 aromatic heterocycles. The summed E-state index contributed by atoms with van der Waals surface area (Å²) >= 11 is 1.58. The summed E-state index contributed by atoms with van der Waals surface area (Å²) in [6.45, 7) is 7.99. The van der Waals surface area contributed by atoms with Crippen molar-refractivity contribution in [3.8, 4) is 10.4 Å². The molecule has 1 fully saturated rings. The molecule has 3 atom stereocenters. The zero-order valence-corrected chi connectivity index (χ0v) is 29.6. The molecule has 0 bridgehead atoms. The molecular formula is C37H48N4O7S. The van der Waals surface area contributed by atoms with E-state index in [1.165, 1.54) is 4.90 Å². The van der Waals surface area contributed by atoms with Crippen molar-refractivity contribution >= 4 is 35.0 Å². The van der Waals surface area contributed by atoms with Crippen LogP contribution in [0, 0.1) is 12.3 Å². The summed E-state index contributed by atoms with van der Waals surface area (Å²) in [5.41, 5.74) is 5.46. The highest BCUT2D eigenvalue weighted by atomic mass is 32.1. The fourth-order valence-electron chi connectivity index (χ4n) is 5.85. The molecule has 49 heavy (non-hydrogen) atoms. The molecule has 1 aliphatic rings. The number of nitrogens with zero attached hydrogens (tertiary/aromatic N) is 2. The van der Waals surface area contributed by atoms with Crippen LogP contribution in [0.3, 0.4) is 0 Å². The normalized spacial score (nSPS) is 16.7. The quantitative estimate of drug-likeness (QED) is 0.157. The van der Waals surface area contributed by atoms with E-state index < -0.39 is 41.4 Å². The molecular weight excluding hydrogens is 644 g/mol.